The summed E-state index contributed by atoms with van der Waals surface area (Å²) in [5, 5.41) is 4.15. The molecule has 1 N–H and O–H groups in total. The van der Waals surface area contributed by atoms with E-state index in [1.807, 2.05) is 110 Å². The third kappa shape index (κ3) is 6.05. The molecule has 0 radical (unpaired) electrons. The summed E-state index contributed by atoms with van der Waals surface area (Å²) in [6.45, 7) is 1.31. The predicted molar refractivity (Wildman–Crippen MR) is 158 cm³/mol. The SMILES string of the molecule is CN(C)CCN(C(=O)c1cccc(Nc2ncc3ccn(-c4ccc(S(C)=O)cc4)c3n2)c1)c1ccccc1. The van der Waals surface area contributed by atoms with Crippen molar-refractivity contribution in [3.63, 3.8) is 0 Å². The number of carbonyl (C=O) groups excluding carboxylic acids is 1. The number of carbonyl (C=O) groups is 1. The van der Waals surface area contributed by atoms with Crippen LogP contribution in [0, 0.1) is 0 Å². The van der Waals surface area contributed by atoms with E-state index in [2.05, 4.69) is 15.2 Å². The number of hydrogen-bond donors (Lipinski definition) is 1. The van der Waals surface area contributed by atoms with Crippen LogP contribution < -0.4 is 10.2 Å². The molecule has 5 aromatic rings. The molecule has 1 amide bonds. The van der Waals surface area contributed by atoms with E-state index in [9.17, 15) is 9.00 Å². The van der Waals surface area contributed by atoms with Crippen LogP contribution in [0.5, 0.6) is 0 Å². The molecular weight excluding hydrogens is 508 g/mol. The van der Waals surface area contributed by atoms with Crippen LogP contribution in [0.15, 0.2) is 102 Å². The van der Waals surface area contributed by atoms with Crippen molar-refractivity contribution >= 4 is 45.1 Å². The Labute approximate surface area is 230 Å². The molecule has 1 unspecified atom stereocenters. The fraction of sp³-hybridized carbons (Fsp3) is 0.167. The molecule has 39 heavy (non-hydrogen) atoms. The highest BCUT2D eigenvalue weighted by Crippen LogP contribution is 2.23. The summed E-state index contributed by atoms with van der Waals surface area (Å²) >= 11 is 0. The quantitative estimate of drug-likeness (QED) is 0.281. The number of nitrogens with zero attached hydrogens (tertiary/aromatic N) is 5. The number of likely N-dealkylation sites (N-methyl/N-ethyl adjacent to an activating group) is 1. The van der Waals surface area contributed by atoms with Crippen LogP contribution in [0.1, 0.15) is 10.4 Å². The number of anilines is 3. The van der Waals surface area contributed by atoms with Crippen LogP contribution in [0.2, 0.25) is 0 Å². The summed E-state index contributed by atoms with van der Waals surface area (Å²) in [6.07, 6.45) is 5.37. The minimum absolute atomic E-state index is 0.0756. The summed E-state index contributed by atoms with van der Waals surface area (Å²) in [5.74, 6) is 0.347. The molecule has 5 rings (SSSR count). The number of hydrogen-bond acceptors (Lipinski definition) is 6. The van der Waals surface area contributed by atoms with E-state index < -0.39 is 10.8 Å². The highest BCUT2D eigenvalue weighted by molar-refractivity contribution is 7.84. The first-order valence-corrected chi connectivity index (χ1v) is 14.1. The Balaban J connectivity index is 1.40. The van der Waals surface area contributed by atoms with Gasteiger partial charge in [0.2, 0.25) is 5.95 Å². The van der Waals surface area contributed by atoms with E-state index in [-0.39, 0.29) is 5.91 Å². The van der Waals surface area contributed by atoms with Crippen molar-refractivity contribution < 1.29 is 9.00 Å². The maximum atomic E-state index is 13.6. The third-order valence-corrected chi connectivity index (χ3v) is 7.26. The molecule has 0 fully saturated rings. The highest BCUT2D eigenvalue weighted by Gasteiger charge is 2.18. The lowest BCUT2D eigenvalue weighted by atomic mass is 10.1. The molecule has 1 atom stereocenters. The van der Waals surface area contributed by atoms with Gasteiger partial charge in [-0.1, -0.05) is 24.3 Å². The van der Waals surface area contributed by atoms with Crippen LogP contribution in [0.3, 0.4) is 0 Å². The number of amides is 1. The maximum Gasteiger partial charge on any atom is 0.258 e. The monoisotopic (exact) mass is 538 g/mol. The van der Waals surface area contributed by atoms with Gasteiger partial charge in [0.25, 0.3) is 5.91 Å². The van der Waals surface area contributed by atoms with Gasteiger partial charge in [-0.05, 0) is 74.8 Å². The Kier molecular flexibility index (Phi) is 7.81. The van der Waals surface area contributed by atoms with Gasteiger partial charge in [0.1, 0.15) is 5.65 Å². The summed E-state index contributed by atoms with van der Waals surface area (Å²) in [5.41, 5.74) is 3.80. The molecule has 0 saturated carbocycles. The lowest BCUT2D eigenvalue weighted by molar-refractivity contribution is 0.0985. The van der Waals surface area contributed by atoms with Gasteiger partial charge in [0.05, 0.1) is 0 Å². The number of para-hydroxylation sites is 1. The van der Waals surface area contributed by atoms with Gasteiger partial charge < -0.3 is 19.7 Å². The molecule has 0 aliphatic rings. The first kappa shape index (κ1) is 26.3. The van der Waals surface area contributed by atoms with Gasteiger partial charge in [-0.3, -0.25) is 9.00 Å². The minimum Gasteiger partial charge on any atom is -0.324 e. The highest BCUT2D eigenvalue weighted by atomic mass is 32.2. The van der Waals surface area contributed by atoms with Crippen molar-refractivity contribution in [3.8, 4) is 5.69 Å². The molecule has 0 bridgehead atoms. The van der Waals surface area contributed by atoms with Crippen LogP contribution >= 0.6 is 0 Å². The van der Waals surface area contributed by atoms with Crippen LogP contribution in [-0.2, 0) is 10.8 Å². The zero-order chi connectivity index (χ0) is 27.4. The molecule has 3 aromatic carbocycles. The Morgan fingerprint density at radius 1 is 0.949 bits per heavy atom. The molecule has 9 heteroatoms. The smallest absolute Gasteiger partial charge is 0.258 e. The first-order valence-electron chi connectivity index (χ1n) is 12.6. The zero-order valence-corrected chi connectivity index (χ0v) is 22.9. The Bertz CT molecular complexity index is 1620. The number of benzene rings is 3. The Morgan fingerprint density at radius 3 is 2.44 bits per heavy atom. The standard InChI is InChI=1S/C30H30N6O2S/c1-34(2)18-19-36(25-10-5-4-6-11-25)29(37)22-8-7-9-24(20-22)32-30-31-21-23-16-17-35(28(23)33-30)26-12-14-27(15-13-26)39(3)38/h4-17,20-21H,18-19H2,1-3H3,(H,31,32,33). The van der Waals surface area contributed by atoms with Gasteiger partial charge in [0, 0.05) is 75.4 Å². The summed E-state index contributed by atoms with van der Waals surface area (Å²) in [7, 11) is 2.95. The summed E-state index contributed by atoms with van der Waals surface area (Å²) in [6, 6.07) is 26.6. The van der Waals surface area contributed by atoms with Gasteiger partial charge in [-0.25, -0.2) is 4.98 Å². The van der Waals surface area contributed by atoms with Crippen molar-refractivity contribution in [1.82, 2.24) is 19.4 Å². The molecule has 0 spiro atoms. The average molecular weight is 539 g/mol. The van der Waals surface area contributed by atoms with E-state index in [1.165, 1.54) is 0 Å². The van der Waals surface area contributed by atoms with Gasteiger partial charge in [-0.15, -0.1) is 0 Å². The minimum atomic E-state index is -1.03. The largest absolute Gasteiger partial charge is 0.324 e. The van der Waals surface area contributed by atoms with E-state index in [0.29, 0.717) is 23.7 Å². The van der Waals surface area contributed by atoms with E-state index in [1.54, 1.807) is 17.4 Å². The van der Waals surface area contributed by atoms with E-state index in [0.717, 1.165) is 33.8 Å². The van der Waals surface area contributed by atoms with Crippen molar-refractivity contribution in [2.75, 3.05) is 43.7 Å². The molecule has 0 saturated heterocycles. The Hall–Kier alpha value is -4.34. The normalized spacial score (nSPS) is 12.0. The lowest BCUT2D eigenvalue weighted by Gasteiger charge is -2.25. The second-order valence-corrected chi connectivity index (χ2v) is 10.8. The fourth-order valence-corrected chi connectivity index (χ4v) is 4.78. The topological polar surface area (TPSA) is 83.4 Å². The third-order valence-electron chi connectivity index (χ3n) is 6.32. The molecule has 0 aliphatic carbocycles. The molecule has 2 heterocycles. The van der Waals surface area contributed by atoms with Gasteiger partial charge in [0.15, 0.2) is 0 Å². The average Bonchev–Trinajstić information content (AvgIpc) is 3.37. The number of aromatic nitrogens is 3. The zero-order valence-electron chi connectivity index (χ0n) is 22.1. The van der Waals surface area contributed by atoms with E-state index in [4.69, 9.17) is 4.98 Å². The van der Waals surface area contributed by atoms with Crippen molar-refractivity contribution in [1.29, 1.82) is 0 Å². The summed E-state index contributed by atoms with van der Waals surface area (Å²) in [4.78, 5) is 27.5. The lowest BCUT2D eigenvalue weighted by Crippen LogP contribution is -2.36. The van der Waals surface area contributed by atoms with Crippen LogP contribution in [-0.4, -0.2) is 63.0 Å². The first-order chi connectivity index (χ1) is 18.9. The van der Waals surface area contributed by atoms with Crippen molar-refractivity contribution in [2.45, 2.75) is 4.90 Å². The number of fused-ring (bicyclic) bond motifs is 1. The molecule has 198 valence electrons. The predicted octanol–water partition coefficient (Wildman–Crippen LogP) is 5.11. The van der Waals surface area contributed by atoms with Gasteiger partial charge >= 0.3 is 0 Å². The van der Waals surface area contributed by atoms with Crippen molar-refractivity contribution in [3.05, 3.63) is 103 Å². The van der Waals surface area contributed by atoms with Crippen molar-refractivity contribution in [2.24, 2.45) is 0 Å². The molecule has 8 nitrogen and oxygen atoms in total. The molecule has 0 aliphatic heterocycles. The fourth-order valence-electron chi connectivity index (χ4n) is 4.26. The second kappa shape index (κ2) is 11.6. The second-order valence-electron chi connectivity index (χ2n) is 9.41. The number of rotatable bonds is 9. The maximum absolute atomic E-state index is 13.6. The van der Waals surface area contributed by atoms with E-state index >= 15 is 0 Å². The molecule has 2 aromatic heterocycles. The summed E-state index contributed by atoms with van der Waals surface area (Å²) < 4.78 is 13.7. The number of nitrogens with one attached hydrogen (secondary N) is 1. The Morgan fingerprint density at radius 2 is 1.72 bits per heavy atom. The van der Waals surface area contributed by atoms with Crippen LogP contribution in [0.4, 0.5) is 17.3 Å². The van der Waals surface area contributed by atoms with Crippen LogP contribution in [0.25, 0.3) is 16.7 Å². The van der Waals surface area contributed by atoms with Gasteiger partial charge in [-0.2, -0.15) is 4.98 Å². The molecular formula is C30H30N6O2S.